The lowest BCUT2D eigenvalue weighted by Crippen LogP contribution is -2.22. The first-order chi connectivity index (χ1) is 11.5. The number of nitrogens with one attached hydrogen (secondary N) is 1. The Morgan fingerprint density at radius 3 is 2.71 bits per heavy atom. The maximum atomic E-state index is 13.4. The number of aryl methyl sites for hydroxylation is 1. The SMILES string of the molecule is CCC/C=C(/c1ccc(NCC(N)=O)nc1)c1ccc(F)cc1C. The Balaban J connectivity index is 2.33. The summed E-state index contributed by atoms with van der Waals surface area (Å²) >= 11 is 0. The van der Waals surface area contributed by atoms with Crippen LogP contribution in [-0.2, 0) is 4.79 Å². The summed E-state index contributed by atoms with van der Waals surface area (Å²) in [7, 11) is 0. The minimum atomic E-state index is -0.439. The quantitative estimate of drug-likeness (QED) is 0.815. The number of carbonyl (C=O) groups is 1. The molecule has 0 aliphatic heterocycles. The van der Waals surface area contributed by atoms with E-state index in [1.165, 1.54) is 12.1 Å². The van der Waals surface area contributed by atoms with E-state index in [0.717, 1.165) is 35.1 Å². The molecule has 4 nitrogen and oxygen atoms in total. The monoisotopic (exact) mass is 327 g/mol. The molecule has 0 saturated heterocycles. The number of nitrogens with two attached hydrogens (primary N) is 1. The van der Waals surface area contributed by atoms with Crippen molar-refractivity contribution in [1.82, 2.24) is 4.98 Å². The number of primary amides is 1. The average molecular weight is 327 g/mol. The highest BCUT2D eigenvalue weighted by atomic mass is 19.1. The first kappa shape index (κ1) is 17.7. The molecule has 0 atom stereocenters. The topological polar surface area (TPSA) is 68.0 Å². The van der Waals surface area contributed by atoms with Gasteiger partial charge < -0.3 is 11.1 Å². The van der Waals surface area contributed by atoms with Gasteiger partial charge >= 0.3 is 0 Å². The van der Waals surface area contributed by atoms with E-state index in [-0.39, 0.29) is 12.4 Å². The minimum Gasteiger partial charge on any atom is -0.368 e. The Morgan fingerprint density at radius 2 is 2.12 bits per heavy atom. The Kier molecular flexibility index (Phi) is 6.07. The molecule has 0 aliphatic carbocycles. The molecule has 0 bridgehead atoms. The van der Waals surface area contributed by atoms with Gasteiger partial charge in [0.25, 0.3) is 0 Å². The molecule has 0 aliphatic rings. The number of anilines is 1. The van der Waals surface area contributed by atoms with E-state index >= 15 is 0 Å². The minimum absolute atomic E-state index is 0.0436. The van der Waals surface area contributed by atoms with Crippen molar-refractivity contribution in [2.45, 2.75) is 26.7 Å². The molecule has 1 amide bonds. The van der Waals surface area contributed by atoms with Crippen molar-refractivity contribution in [2.75, 3.05) is 11.9 Å². The first-order valence-electron chi connectivity index (χ1n) is 7.96. The summed E-state index contributed by atoms with van der Waals surface area (Å²) in [5.74, 6) is -0.0928. The van der Waals surface area contributed by atoms with Crippen LogP contribution in [0.2, 0.25) is 0 Å². The van der Waals surface area contributed by atoms with Gasteiger partial charge in [-0.25, -0.2) is 9.37 Å². The predicted molar refractivity (Wildman–Crippen MR) is 95.0 cm³/mol. The van der Waals surface area contributed by atoms with Crippen molar-refractivity contribution in [3.63, 3.8) is 0 Å². The second-order valence-corrected chi connectivity index (χ2v) is 5.62. The summed E-state index contributed by atoms with van der Waals surface area (Å²) in [4.78, 5) is 15.1. The van der Waals surface area contributed by atoms with Gasteiger partial charge in [0.15, 0.2) is 0 Å². The van der Waals surface area contributed by atoms with Gasteiger partial charge in [-0.3, -0.25) is 4.79 Å². The Morgan fingerprint density at radius 1 is 1.33 bits per heavy atom. The van der Waals surface area contributed by atoms with E-state index < -0.39 is 5.91 Å². The van der Waals surface area contributed by atoms with Gasteiger partial charge in [0.05, 0.1) is 6.54 Å². The standard InChI is InChI=1S/C19H22FN3O/c1-3-4-5-17(16-8-7-15(20)10-13(16)2)14-6-9-19(22-11-14)23-12-18(21)24/h5-11H,3-4,12H2,1-2H3,(H2,21,24)(H,22,23)/b17-5-. The zero-order valence-electron chi connectivity index (χ0n) is 14.0. The van der Waals surface area contributed by atoms with Crippen LogP contribution >= 0.6 is 0 Å². The fraction of sp³-hybridized carbons (Fsp3) is 0.263. The zero-order chi connectivity index (χ0) is 17.5. The number of benzene rings is 1. The van der Waals surface area contributed by atoms with Gasteiger partial charge in [-0.05, 0) is 54.3 Å². The lowest BCUT2D eigenvalue weighted by molar-refractivity contribution is -0.116. The molecule has 126 valence electrons. The molecule has 0 unspecified atom stereocenters. The van der Waals surface area contributed by atoms with Crippen LogP contribution in [0.3, 0.4) is 0 Å². The number of unbranched alkanes of at least 4 members (excludes halogenated alkanes) is 1. The molecule has 0 spiro atoms. The molecule has 2 rings (SSSR count). The van der Waals surface area contributed by atoms with E-state index in [1.807, 2.05) is 13.0 Å². The number of hydrogen-bond acceptors (Lipinski definition) is 3. The molecule has 0 radical (unpaired) electrons. The van der Waals surface area contributed by atoms with Crippen molar-refractivity contribution >= 4 is 17.3 Å². The highest BCUT2D eigenvalue weighted by Gasteiger charge is 2.09. The maximum absolute atomic E-state index is 13.4. The van der Waals surface area contributed by atoms with Gasteiger partial charge in [-0.2, -0.15) is 0 Å². The molecule has 1 heterocycles. The fourth-order valence-electron chi connectivity index (χ4n) is 2.44. The van der Waals surface area contributed by atoms with Crippen LogP contribution in [0.15, 0.2) is 42.6 Å². The third-order valence-corrected chi connectivity index (χ3v) is 3.63. The molecule has 0 fully saturated rings. The molecule has 1 aromatic carbocycles. The number of carbonyl (C=O) groups excluding carboxylic acids is 1. The summed E-state index contributed by atoms with van der Waals surface area (Å²) in [5.41, 5.74) is 8.96. The van der Waals surface area contributed by atoms with Crippen LogP contribution in [0.4, 0.5) is 10.2 Å². The van der Waals surface area contributed by atoms with E-state index in [1.54, 1.807) is 18.3 Å². The predicted octanol–water partition coefficient (Wildman–Crippen LogP) is 3.66. The van der Waals surface area contributed by atoms with Crippen LogP contribution in [-0.4, -0.2) is 17.4 Å². The van der Waals surface area contributed by atoms with Crippen LogP contribution in [0, 0.1) is 12.7 Å². The fourth-order valence-corrected chi connectivity index (χ4v) is 2.44. The maximum Gasteiger partial charge on any atom is 0.236 e. The first-order valence-corrected chi connectivity index (χ1v) is 7.96. The van der Waals surface area contributed by atoms with Gasteiger partial charge in [0, 0.05) is 11.8 Å². The Labute approximate surface area is 141 Å². The van der Waals surface area contributed by atoms with E-state index in [9.17, 15) is 9.18 Å². The van der Waals surface area contributed by atoms with Crippen molar-refractivity contribution in [2.24, 2.45) is 5.73 Å². The largest absolute Gasteiger partial charge is 0.368 e. The van der Waals surface area contributed by atoms with Crippen LogP contribution < -0.4 is 11.1 Å². The molecule has 24 heavy (non-hydrogen) atoms. The second-order valence-electron chi connectivity index (χ2n) is 5.62. The molecular weight excluding hydrogens is 305 g/mol. The number of halogens is 1. The number of amides is 1. The molecular formula is C19H22FN3O. The van der Waals surface area contributed by atoms with Gasteiger partial charge in [-0.1, -0.05) is 25.5 Å². The number of allylic oxidation sites excluding steroid dienone is 1. The molecule has 2 aromatic rings. The lowest BCUT2D eigenvalue weighted by Gasteiger charge is -2.12. The van der Waals surface area contributed by atoms with E-state index in [2.05, 4.69) is 23.3 Å². The summed E-state index contributed by atoms with van der Waals surface area (Å²) in [6, 6.07) is 8.53. The molecule has 5 heteroatoms. The summed E-state index contributed by atoms with van der Waals surface area (Å²) in [6.07, 6.45) is 5.84. The van der Waals surface area contributed by atoms with E-state index in [0.29, 0.717) is 5.82 Å². The highest BCUT2D eigenvalue weighted by molar-refractivity contribution is 5.81. The van der Waals surface area contributed by atoms with Crippen molar-refractivity contribution in [1.29, 1.82) is 0 Å². The van der Waals surface area contributed by atoms with Crippen LogP contribution in [0.1, 0.15) is 36.5 Å². The van der Waals surface area contributed by atoms with Gasteiger partial charge in [0.1, 0.15) is 11.6 Å². The number of aromatic nitrogens is 1. The van der Waals surface area contributed by atoms with Gasteiger partial charge in [-0.15, -0.1) is 0 Å². The van der Waals surface area contributed by atoms with E-state index in [4.69, 9.17) is 5.73 Å². The number of hydrogen-bond donors (Lipinski definition) is 2. The van der Waals surface area contributed by atoms with Crippen LogP contribution in [0.25, 0.3) is 5.57 Å². The zero-order valence-corrected chi connectivity index (χ0v) is 14.0. The third kappa shape index (κ3) is 4.65. The third-order valence-electron chi connectivity index (χ3n) is 3.63. The molecule has 0 saturated carbocycles. The van der Waals surface area contributed by atoms with Crippen molar-refractivity contribution in [3.8, 4) is 0 Å². The lowest BCUT2D eigenvalue weighted by atomic mass is 9.94. The summed E-state index contributed by atoms with van der Waals surface area (Å²) in [5, 5.41) is 2.86. The number of pyridine rings is 1. The van der Waals surface area contributed by atoms with Crippen molar-refractivity contribution < 1.29 is 9.18 Å². The van der Waals surface area contributed by atoms with Crippen LogP contribution in [0.5, 0.6) is 0 Å². The smallest absolute Gasteiger partial charge is 0.236 e. The Hall–Kier alpha value is -2.69. The van der Waals surface area contributed by atoms with Crippen molar-refractivity contribution in [3.05, 3.63) is 65.1 Å². The second kappa shape index (κ2) is 8.24. The summed E-state index contributed by atoms with van der Waals surface area (Å²) < 4.78 is 13.4. The Bertz CT molecular complexity index is 739. The normalized spacial score (nSPS) is 11.4. The average Bonchev–Trinajstić information content (AvgIpc) is 2.55. The summed E-state index contributed by atoms with van der Waals surface area (Å²) in [6.45, 7) is 4.05. The van der Waals surface area contributed by atoms with Gasteiger partial charge in [0.2, 0.25) is 5.91 Å². The molecule has 1 aromatic heterocycles. The number of rotatable bonds is 7. The number of nitrogens with zero attached hydrogens (tertiary/aromatic N) is 1. The highest BCUT2D eigenvalue weighted by Crippen LogP contribution is 2.27. The molecule has 3 N–H and O–H groups in total.